The molecule has 2 aromatic rings. The molecule has 0 heterocycles. The number of carbonyl (C=O) groups is 1. The lowest BCUT2D eigenvalue weighted by Gasteiger charge is -2.01. The molecule has 0 saturated carbocycles. The van der Waals surface area contributed by atoms with Gasteiger partial charge in [0.2, 0.25) is 0 Å². The predicted molar refractivity (Wildman–Crippen MR) is 88.4 cm³/mol. The first-order valence-electron chi connectivity index (χ1n) is 6.34. The van der Waals surface area contributed by atoms with Crippen LogP contribution in [0.4, 0.5) is 0 Å². The first-order chi connectivity index (χ1) is 10.9. The molecule has 0 unspecified atom stereocenters. The maximum Gasteiger partial charge on any atom is 0.298 e. The molecular weight excluding hydrogens is 342 g/mol. The lowest BCUT2D eigenvalue weighted by atomic mass is 10.2. The van der Waals surface area contributed by atoms with E-state index in [1.54, 1.807) is 18.2 Å². The van der Waals surface area contributed by atoms with E-state index in [0.717, 1.165) is 4.90 Å². The zero-order chi connectivity index (χ0) is 17.2. The number of hydrogen-bond acceptors (Lipinski definition) is 6. The maximum atomic E-state index is 9.99. The molecule has 0 aromatic heterocycles. The van der Waals surface area contributed by atoms with Gasteiger partial charge >= 0.3 is 0 Å². The van der Waals surface area contributed by atoms with E-state index in [1.165, 1.54) is 11.6 Å². The van der Waals surface area contributed by atoms with Crippen molar-refractivity contribution in [3.8, 4) is 5.75 Å². The van der Waals surface area contributed by atoms with Crippen LogP contribution in [0.2, 0.25) is 5.02 Å². The summed E-state index contributed by atoms with van der Waals surface area (Å²) in [5.74, 6) is 0.324. The zero-order valence-corrected chi connectivity index (χ0v) is 13.8. The molecule has 2 rings (SSSR count). The molecule has 0 amide bonds. The minimum atomic E-state index is -0.882. The minimum absolute atomic E-state index is 0.164. The van der Waals surface area contributed by atoms with Gasteiger partial charge in [0.15, 0.2) is 0 Å². The first-order valence-corrected chi connectivity index (χ1v) is 7.16. The maximum absolute atomic E-state index is 9.99. The smallest absolute Gasteiger partial charge is 0.298 e. The number of rotatable bonds is 5. The SMILES string of the molecule is Cc1ccc(Cl)c(S)c1.O=COc1cccc(CO[N+](=O)[O-])c1. The summed E-state index contributed by atoms with van der Waals surface area (Å²) in [5.41, 5.74) is 1.74. The van der Waals surface area contributed by atoms with Crippen LogP contribution in [-0.4, -0.2) is 11.6 Å². The van der Waals surface area contributed by atoms with Crippen LogP contribution in [0.15, 0.2) is 47.4 Å². The van der Waals surface area contributed by atoms with Gasteiger partial charge < -0.3 is 9.57 Å². The summed E-state index contributed by atoms with van der Waals surface area (Å²) in [5, 5.41) is 9.71. The topological polar surface area (TPSA) is 78.7 Å². The molecule has 0 aliphatic rings. The summed E-state index contributed by atoms with van der Waals surface area (Å²) >= 11 is 9.84. The highest BCUT2D eigenvalue weighted by atomic mass is 35.5. The van der Waals surface area contributed by atoms with E-state index in [1.807, 2.05) is 25.1 Å². The van der Waals surface area contributed by atoms with Gasteiger partial charge in [0.25, 0.3) is 11.6 Å². The Morgan fingerprint density at radius 3 is 2.61 bits per heavy atom. The fourth-order valence-electron chi connectivity index (χ4n) is 1.51. The molecule has 0 radical (unpaired) electrons. The fourth-order valence-corrected chi connectivity index (χ4v) is 1.91. The number of benzene rings is 2. The van der Waals surface area contributed by atoms with E-state index in [-0.39, 0.29) is 13.1 Å². The Balaban J connectivity index is 0.000000253. The third kappa shape index (κ3) is 7.53. The van der Waals surface area contributed by atoms with E-state index >= 15 is 0 Å². The van der Waals surface area contributed by atoms with Gasteiger partial charge in [0, 0.05) is 4.90 Å². The predicted octanol–water partition coefficient (Wildman–Crippen LogP) is 3.87. The highest BCUT2D eigenvalue weighted by Gasteiger charge is 1.99. The second kappa shape index (κ2) is 9.70. The average molecular weight is 356 g/mol. The molecule has 0 spiro atoms. The molecule has 23 heavy (non-hydrogen) atoms. The van der Waals surface area contributed by atoms with Gasteiger partial charge in [-0.1, -0.05) is 29.8 Å². The molecule has 0 fully saturated rings. The van der Waals surface area contributed by atoms with Crippen LogP contribution in [0, 0.1) is 17.0 Å². The lowest BCUT2D eigenvalue weighted by Crippen LogP contribution is -2.00. The molecule has 2 aromatic carbocycles. The van der Waals surface area contributed by atoms with Crippen molar-refractivity contribution < 1.29 is 19.5 Å². The Morgan fingerprint density at radius 2 is 2.04 bits per heavy atom. The van der Waals surface area contributed by atoms with Crippen molar-refractivity contribution in [1.82, 2.24) is 0 Å². The normalized spacial score (nSPS) is 9.35. The van der Waals surface area contributed by atoms with Crippen LogP contribution < -0.4 is 4.74 Å². The zero-order valence-electron chi connectivity index (χ0n) is 12.1. The molecule has 0 aliphatic carbocycles. The fraction of sp³-hybridized carbons (Fsp3) is 0.133. The second-order valence-corrected chi connectivity index (χ2v) is 5.20. The van der Waals surface area contributed by atoms with Gasteiger partial charge in [-0.25, -0.2) is 0 Å². The molecule has 0 atom stereocenters. The van der Waals surface area contributed by atoms with Crippen molar-refractivity contribution in [3.05, 3.63) is 68.7 Å². The van der Waals surface area contributed by atoms with Gasteiger partial charge in [0.1, 0.15) is 12.4 Å². The summed E-state index contributed by atoms with van der Waals surface area (Å²) in [4.78, 5) is 24.9. The number of aryl methyl sites for hydroxylation is 1. The van der Waals surface area contributed by atoms with E-state index < -0.39 is 5.09 Å². The van der Waals surface area contributed by atoms with E-state index in [9.17, 15) is 14.9 Å². The van der Waals surface area contributed by atoms with E-state index in [0.29, 0.717) is 16.3 Å². The van der Waals surface area contributed by atoms with E-state index in [4.69, 9.17) is 11.6 Å². The van der Waals surface area contributed by atoms with E-state index in [2.05, 4.69) is 22.2 Å². The highest BCUT2D eigenvalue weighted by Crippen LogP contribution is 2.20. The monoisotopic (exact) mass is 355 g/mol. The van der Waals surface area contributed by atoms with Crippen molar-refractivity contribution in [2.24, 2.45) is 0 Å². The number of hydrogen-bond donors (Lipinski definition) is 1. The quantitative estimate of drug-likeness (QED) is 0.381. The number of ether oxygens (including phenoxy) is 1. The molecule has 6 nitrogen and oxygen atoms in total. The average Bonchev–Trinajstić information content (AvgIpc) is 2.51. The summed E-state index contributed by atoms with van der Waals surface area (Å²) in [6.07, 6.45) is 0. The Morgan fingerprint density at radius 1 is 1.30 bits per heavy atom. The molecule has 122 valence electrons. The number of halogens is 1. The minimum Gasteiger partial charge on any atom is -0.429 e. The molecule has 0 N–H and O–H groups in total. The summed E-state index contributed by atoms with van der Waals surface area (Å²) in [6, 6.07) is 12.0. The second-order valence-electron chi connectivity index (χ2n) is 4.31. The lowest BCUT2D eigenvalue weighted by molar-refractivity contribution is -0.763. The first kappa shape index (κ1) is 18.8. The van der Waals surface area contributed by atoms with Crippen LogP contribution in [0.25, 0.3) is 0 Å². The standard InChI is InChI=1S/C8H7NO5.C7H7ClS/c10-6-13-8-3-1-2-7(4-8)5-14-9(11)12;1-5-2-3-6(8)7(9)4-5/h1-4,6H,5H2;2-4,9H,1H3. The molecule has 0 bridgehead atoms. The Hall–Kier alpha value is -2.25. The van der Waals surface area contributed by atoms with Gasteiger partial charge in [-0.15, -0.1) is 22.7 Å². The highest BCUT2D eigenvalue weighted by molar-refractivity contribution is 7.80. The molecule has 0 aliphatic heterocycles. The third-order valence-corrected chi connectivity index (χ3v) is 3.35. The largest absolute Gasteiger partial charge is 0.429 e. The van der Waals surface area contributed by atoms with Gasteiger partial charge in [0.05, 0.1) is 5.02 Å². The molecule has 8 heteroatoms. The van der Waals surface area contributed by atoms with Crippen molar-refractivity contribution in [2.45, 2.75) is 18.4 Å². The Bertz CT molecular complexity index is 681. The molecular formula is C15H14ClNO5S. The van der Waals surface area contributed by atoms with Crippen molar-refractivity contribution >= 4 is 30.7 Å². The van der Waals surface area contributed by atoms with Crippen LogP contribution in [0.3, 0.4) is 0 Å². The van der Waals surface area contributed by atoms with Gasteiger partial charge in [-0.3, -0.25) is 4.79 Å². The summed E-state index contributed by atoms with van der Waals surface area (Å²) in [6.45, 7) is 2.13. The van der Waals surface area contributed by atoms with Crippen molar-refractivity contribution in [1.29, 1.82) is 0 Å². The van der Waals surface area contributed by atoms with Crippen molar-refractivity contribution in [3.63, 3.8) is 0 Å². The number of thiol groups is 1. The van der Waals surface area contributed by atoms with Crippen LogP contribution in [-0.2, 0) is 16.2 Å². The Labute approximate surface area is 143 Å². The third-order valence-electron chi connectivity index (χ3n) is 2.52. The van der Waals surface area contributed by atoms with Crippen LogP contribution >= 0.6 is 24.2 Å². The van der Waals surface area contributed by atoms with Gasteiger partial charge in [-0.2, -0.15) is 0 Å². The van der Waals surface area contributed by atoms with Gasteiger partial charge in [-0.05, 0) is 42.3 Å². The van der Waals surface area contributed by atoms with Crippen LogP contribution in [0.1, 0.15) is 11.1 Å². The number of nitrogens with zero attached hydrogens (tertiary/aromatic N) is 1. The number of carbonyl (C=O) groups excluding carboxylic acids is 1. The van der Waals surface area contributed by atoms with Crippen molar-refractivity contribution in [2.75, 3.05) is 0 Å². The summed E-state index contributed by atoms with van der Waals surface area (Å²) in [7, 11) is 0. The Kier molecular flexibility index (Phi) is 7.93. The summed E-state index contributed by atoms with van der Waals surface area (Å²) < 4.78 is 4.55. The van der Waals surface area contributed by atoms with Crippen LogP contribution in [0.5, 0.6) is 5.75 Å². The molecule has 0 saturated heterocycles.